The second-order valence-electron chi connectivity index (χ2n) is 7.59. The number of hydrogen-bond donors (Lipinski definition) is 1. The summed E-state index contributed by atoms with van der Waals surface area (Å²) in [4.78, 5) is 19.0. The highest BCUT2D eigenvalue weighted by Crippen LogP contribution is 2.37. The molecule has 8 heteroatoms. The van der Waals surface area contributed by atoms with E-state index in [9.17, 15) is 4.79 Å². The van der Waals surface area contributed by atoms with Gasteiger partial charge in [0.25, 0.3) is 5.91 Å². The minimum atomic E-state index is -0.606. The van der Waals surface area contributed by atoms with Gasteiger partial charge in [-0.15, -0.1) is 5.10 Å². The molecule has 1 aliphatic carbocycles. The molecule has 1 aromatic carbocycles. The maximum Gasteiger partial charge on any atom is 0.274 e. The Morgan fingerprint density at radius 1 is 1.14 bits per heavy atom. The average Bonchev–Trinajstić information content (AvgIpc) is 3.36. The first-order valence-electron chi connectivity index (χ1n) is 9.53. The zero-order valence-electron chi connectivity index (χ0n) is 16.6. The Morgan fingerprint density at radius 2 is 1.89 bits per heavy atom. The molecule has 1 aliphatic rings. The van der Waals surface area contributed by atoms with Gasteiger partial charge in [0.1, 0.15) is 5.54 Å². The van der Waals surface area contributed by atoms with Crippen LogP contribution in [0.3, 0.4) is 0 Å². The highest BCUT2D eigenvalue weighted by molar-refractivity contribution is 5.93. The van der Waals surface area contributed by atoms with Crippen molar-refractivity contribution in [1.29, 1.82) is 0 Å². The lowest BCUT2D eigenvalue weighted by Crippen LogP contribution is -2.45. The van der Waals surface area contributed by atoms with Gasteiger partial charge in [-0.3, -0.25) is 4.79 Å². The number of hydrogen-bond acceptors (Lipinski definition) is 6. The molecule has 0 bridgehead atoms. The number of amides is 1. The van der Waals surface area contributed by atoms with Crippen molar-refractivity contribution in [3.63, 3.8) is 0 Å². The fraction of sp³-hybridized carbons (Fsp3) is 0.450. The average molecular weight is 380 g/mol. The van der Waals surface area contributed by atoms with E-state index in [1.54, 1.807) is 13.8 Å². The van der Waals surface area contributed by atoms with Crippen LogP contribution in [0.5, 0.6) is 0 Å². The number of nitrogens with one attached hydrogen (secondary N) is 1. The maximum atomic E-state index is 13.1. The minimum absolute atomic E-state index is 0.266. The Hall–Kier alpha value is -3.03. The van der Waals surface area contributed by atoms with E-state index in [4.69, 9.17) is 4.52 Å². The van der Waals surface area contributed by atoms with Gasteiger partial charge in [0, 0.05) is 6.92 Å². The van der Waals surface area contributed by atoms with Gasteiger partial charge in [0.05, 0.1) is 11.4 Å². The van der Waals surface area contributed by atoms with Crippen LogP contribution in [0.4, 0.5) is 0 Å². The van der Waals surface area contributed by atoms with Gasteiger partial charge >= 0.3 is 0 Å². The normalized spacial score (nSPS) is 15.7. The van der Waals surface area contributed by atoms with E-state index in [2.05, 4.69) is 31.7 Å². The molecule has 8 nitrogen and oxygen atoms in total. The quantitative estimate of drug-likeness (QED) is 0.747. The molecule has 1 amide bonds. The van der Waals surface area contributed by atoms with Crippen molar-refractivity contribution in [2.24, 2.45) is 0 Å². The standard InChI is InChI=1S/C20H24N6O2/c1-12-7-8-16(13(2)11-12)26-23-14(3)17(24-26)18(27)22-20(9-5-6-10-20)19-21-15(4)28-25-19/h7-8,11H,5-6,9-10H2,1-4H3,(H,22,27). The van der Waals surface area contributed by atoms with Crippen LogP contribution in [-0.2, 0) is 5.54 Å². The Morgan fingerprint density at radius 3 is 2.54 bits per heavy atom. The number of nitrogens with zero attached hydrogens (tertiary/aromatic N) is 5. The highest BCUT2D eigenvalue weighted by atomic mass is 16.5. The molecule has 28 heavy (non-hydrogen) atoms. The van der Waals surface area contributed by atoms with Crippen LogP contribution in [0, 0.1) is 27.7 Å². The molecule has 0 atom stereocenters. The van der Waals surface area contributed by atoms with Crippen molar-refractivity contribution < 1.29 is 9.32 Å². The summed E-state index contributed by atoms with van der Waals surface area (Å²) in [5.74, 6) is 0.764. The number of benzene rings is 1. The second-order valence-corrected chi connectivity index (χ2v) is 7.59. The highest BCUT2D eigenvalue weighted by Gasteiger charge is 2.42. The summed E-state index contributed by atoms with van der Waals surface area (Å²) < 4.78 is 5.15. The van der Waals surface area contributed by atoms with Crippen LogP contribution < -0.4 is 5.32 Å². The molecular formula is C20H24N6O2. The van der Waals surface area contributed by atoms with Crippen molar-refractivity contribution in [2.75, 3.05) is 0 Å². The van der Waals surface area contributed by atoms with Crippen molar-refractivity contribution in [3.8, 4) is 5.69 Å². The van der Waals surface area contributed by atoms with E-state index in [0.717, 1.165) is 36.9 Å². The van der Waals surface area contributed by atoms with Crippen molar-refractivity contribution in [3.05, 3.63) is 52.4 Å². The van der Waals surface area contributed by atoms with Crippen LogP contribution in [0.1, 0.15) is 64.7 Å². The molecule has 0 spiro atoms. The van der Waals surface area contributed by atoms with Crippen molar-refractivity contribution in [2.45, 2.75) is 58.9 Å². The van der Waals surface area contributed by atoms with E-state index >= 15 is 0 Å². The van der Waals surface area contributed by atoms with Crippen LogP contribution in [-0.4, -0.2) is 31.0 Å². The summed E-state index contributed by atoms with van der Waals surface area (Å²) >= 11 is 0. The van der Waals surface area contributed by atoms with Gasteiger partial charge in [-0.25, -0.2) is 0 Å². The van der Waals surface area contributed by atoms with Crippen LogP contribution in [0.2, 0.25) is 0 Å². The SMILES string of the molecule is Cc1ccc(-n2nc(C)c(C(=O)NC3(c4noc(C)n4)CCCC3)n2)c(C)c1. The predicted octanol–water partition coefficient (Wildman–Crippen LogP) is 3.08. The molecule has 1 saturated carbocycles. The van der Waals surface area contributed by atoms with E-state index in [1.165, 1.54) is 10.4 Å². The smallest absolute Gasteiger partial charge is 0.274 e. The second kappa shape index (κ2) is 6.85. The third kappa shape index (κ3) is 3.19. The first-order chi connectivity index (χ1) is 13.4. The lowest BCUT2D eigenvalue weighted by Gasteiger charge is -2.26. The summed E-state index contributed by atoms with van der Waals surface area (Å²) in [5, 5.41) is 16.1. The van der Waals surface area contributed by atoms with E-state index in [1.807, 2.05) is 26.0 Å². The molecule has 3 aromatic rings. The number of rotatable bonds is 4. The fourth-order valence-electron chi connectivity index (χ4n) is 3.88. The van der Waals surface area contributed by atoms with Gasteiger partial charge in [-0.2, -0.15) is 14.9 Å². The molecular weight excluding hydrogens is 356 g/mol. The van der Waals surface area contributed by atoms with Crippen molar-refractivity contribution in [1.82, 2.24) is 30.5 Å². The topological polar surface area (TPSA) is 98.7 Å². The number of aryl methyl sites for hydroxylation is 4. The van der Waals surface area contributed by atoms with Gasteiger partial charge in [0.2, 0.25) is 5.89 Å². The van der Waals surface area contributed by atoms with Crippen LogP contribution in [0.25, 0.3) is 5.69 Å². The monoisotopic (exact) mass is 380 g/mol. The Balaban J connectivity index is 1.64. The molecule has 1 N–H and O–H groups in total. The van der Waals surface area contributed by atoms with E-state index < -0.39 is 5.54 Å². The molecule has 2 heterocycles. The number of carbonyl (C=O) groups is 1. The summed E-state index contributed by atoms with van der Waals surface area (Å²) in [6.45, 7) is 7.59. The zero-order chi connectivity index (χ0) is 19.9. The first-order valence-corrected chi connectivity index (χ1v) is 9.53. The molecule has 2 aromatic heterocycles. The molecule has 4 rings (SSSR count). The summed E-state index contributed by atoms with van der Waals surface area (Å²) in [6.07, 6.45) is 3.56. The Labute approximate surface area is 163 Å². The largest absolute Gasteiger partial charge is 0.340 e. The molecule has 146 valence electrons. The minimum Gasteiger partial charge on any atom is -0.340 e. The number of carbonyl (C=O) groups excluding carboxylic acids is 1. The summed E-state index contributed by atoms with van der Waals surface area (Å²) in [5.41, 5.74) is 3.36. The molecule has 0 aliphatic heterocycles. The fourth-order valence-corrected chi connectivity index (χ4v) is 3.88. The van der Waals surface area contributed by atoms with E-state index in [0.29, 0.717) is 23.1 Å². The Bertz CT molecular complexity index is 1030. The molecule has 1 fully saturated rings. The third-order valence-electron chi connectivity index (χ3n) is 5.33. The number of aromatic nitrogens is 5. The van der Waals surface area contributed by atoms with Crippen molar-refractivity contribution >= 4 is 5.91 Å². The maximum absolute atomic E-state index is 13.1. The summed E-state index contributed by atoms with van der Waals surface area (Å²) in [6, 6.07) is 6.04. The molecule has 0 radical (unpaired) electrons. The van der Waals surface area contributed by atoms with Crippen LogP contribution >= 0.6 is 0 Å². The first kappa shape index (κ1) is 18.3. The Kier molecular flexibility index (Phi) is 4.49. The zero-order valence-corrected chi connectivity index (χ0v) is 16.6. The van der Waals surface area contributed by atoms with Gasteiger partial charge in [-0.1, -0.05) is 35.7 Å². The molecule has 0 unspecified atom stereocenters. The van der Waals surface area contributed by atoms with Gasteiger partial charge < -0.3 is 9.84 Å². The summed E-state index contributed by atoms with van der Waals surface area (Å²) in [7, 11) is 0. The lowest BCUT2D eigenvalue weighted by atomic mass is 9.96. The lowest BCUT2D eigenvalue weighted by molar-refractivity contribution is 0.0885. The molecule has 0 saturated heterocycles. The van der Waals surface area contributed by atoms with Gasteiger partial charge in [0.15, 0.2) is 11.5 Å². The third-order valence-corrected chi connectivity index (χ3v) is 5.33. The van der Waals surface area contributed by atoms with E-state index in [-0.39, 0.29) is 5.91 Å². The predicted molar refractivity (Wildman–Crippen MR) is 102 cm³/mol. The van der Waals surface area contributed by atoms with Crippen LogP contribution in [0.15, 0.2) is 22.7 Å². The van der Waals surface area contributed by atoms with Gasteiger partial charge in [-0.05, 0) is 45.2 Å².